The van der Waals surface area contributed by atoms with Gasteiger partial charge in [0.05, 0.1) is 27.2 Å². The van der Waals surface area contributed by atoms with Gasteiger partial charge in [0, 0.05) is 50.4 Å². The molecule has 0 aliphatic carbocycles. The highest BCUT2D eigenvalue weighted by molar-refractivity contribution is 6.89. The maximum absolute atomic E-state index is 6.33. The van der Waals surface area contributed by atoms with Crippen molar-refractivity contribution in [2.75, 3.05) is 4.90 Å². The smallest absolute Gasteiger partial charge is 0.137 e. The second-order valence-corrected chi connectivity index (χ2v) is 29.6. The summed E-state index contributed by atoms with van der Waals surface area (Å²) in [6.45, 7) is 14.4. The van der Waals surface area contributed by atoms with Gasteiger partial charge in [-0.3, -0.25) is 0 Å². The summed E-state index contributed by atoms with van der Waals surface area (Å²) in [5.41, 5.74) is 15.8. The Bertz CT molecular complexity index is 3410. The summed E-state index contributed by atoms with van der Waals surface area (Å²) in [5, 5.41) is 7.68. The average Bonchev–Trinajstić information content (AvgIpc) is 3.87. The molecule has 0 spiro atoms. The zero-order valence-corrected chi connectivity index (χ0v) is 39.9. The summed E-state index contributed by atoms with van der Waals surface area (Å²) in [4.78, 5) is 2.37. The van der Waals surface area contributed by atoms with Gasteiger partial charge < -0.3 is 13.9 Å². The van der Waals surface area contributed by atoms with E-state index in [1.165, 1.54) is 65.6 Å². The number of aromatic nitrogens is 1. The van der Waals surface area contributed by atoms with Gasteiger partial charge >= 0.3 is 0 Å². The van der Waals surface area contributed by atoms with E-state index >= 15 is 0 Å². The number of hydrogen-bond acceptors (Lipinski definition) is 2. The molecule has 0 saturated carbocycles. The molecular weight excluding hydrogens is 821 g/mol. The maximum Gasteiger partial charge on any atom is 0.137 e. The molecule has 2 aromatic heterocycles. The highest BCUT2D eigenvalue weighted by atomic mass is 28.3. The molecule has 9 aromatic carbocycles. The van der Waals surface area contributed by atoms with Crippen molar-refractivity contribution in [3.05, 3.63) is 206 Å². The second kappa shape index (κ2) is 15.8. The Labute approximate surface area is 383 Å². The third-order valence-corrected chi connectivity index (χ3v) is 17.3. The first-order chi connectivity index (χ1) is 31.5. The minimum atomic E-state index is -1.38. The second-order valence-electron chi connectivity index (χ2n) is 19.5. The Kier molecular flexibility index (Phi) is 9.87. The molecule has 5 heteroatoms. The minimum Gasteiger partial charge on any atom is -0.456 e. The maximum atomic E-state index is 6.33. The number of furan rings is 1. The first-order valence-electron chi connectivity index (χ1n) is 22.7. The van der Waals surface area contributed by atoms with Crippen molar-refractivity contribution in [1.29, 1.82) is 0 Å². The van der Waals surface area contributed by atoms with Gasteiger partial charge in [-0.25, -0.2) is 0 Å². The number of hydrogen-bond donors (Lipinski definition) is 0. The summed E-state index contributed by atoms with van der Waals surface area (Å²) < 4.78 is 8.70. The SMILES string of the molecule is C[Si](C)(C)c1ccc(-c2ccc(N(c3ccc(-c4ccc([Si](C)(C)C)cc4)cc3)c3ccc(-c4ccc5c(c4)c4ccccc4n5-c4ccc5c(c4)oc4ccccc45)cc3)cc2)cc1. The van der Waals surface area contributed by atoms with Crippen molar-refractivity contribution in [3.63, 3.8) is 0 Å². The normalized spacial score (nSPS) is 12.2. The molecule has 0 saturated heterocycles. The first-order valence-corrected chi connectivity index (χ1v) is 29.7. The van der Waals surface area contributed by atoms with Crippen LogP contribution in [0.25, 0.3) is 82.8 Å². The van der Waals surface area contributed by atoms with Crippen molar-refractivity contribution in [2.45, 2.75) is 39.3 Å². The van der Waals surface area contributed by atoms with Crippen molar-refractivity contribution in [1.82, 2.24) is 4.57 Å². The molecule has 0 atom stereocenters. The summed E-state index contributed by atoms with van der Waals surface area (Å²) in [6, 6.07) is 76.0. The molecule has 11 rings (SSSR count). The summed E-state index contributed by atoms with van der Waals surface area (Å²) in [6.07, 6.45) is 0. The molecule has 0 fully saturated rings. The van der Waals surface area contributed by atoms with E-state index in [1.54, 1.807) is 0 Å². The summed E-state index contributed by atoms with van der Waals surface area (Å²) in [7, 11) is -2.75. The molecule has 0 aliphatic heterocycles. The molecule has 0 amide bonds. The molecule has 2 heterocycles. The fourth-order valence-corrected chi connectivity index (χ4v) is 11.8. The van der Waals surface area contributed by atoms with Gasteiger partial charge in [-0.1, -0.05) is 177 Å². The molecule has 0 radical (unpaired) electrons. The standard InChI is InChI=1S/C60H52N2OSi2/c1-64(2,3)51-33-21-43(22-34-51)41-15-26-47(27-16-41)61(48-28-17-42(18-29-48)44-23-35-52(36-24-44)65(4,5)6)49-30-19-45(20-31-49)46-25-38-58-56(39-46)53-11-7-9-13-57(53)62(58)50-32-37-55-54-12-8-10-14-59(54)63-60(55)40-50/h7-40H,1-6H3. The van der Waals surface area contributed by atoms with Gasteiger partial charge in [0.2, 0.25) is 0 Å². The Morgan fingerprint density at radius 1 is 0.338 bits per heavy atom. The van der Waals surface area contributed by atoms with Crippen LogP contribution in [0.2, 0.25) is 39.3 Å². The van der Waals surface area contributed by atoms with Crippen LogP contribution < -0.4 is 15.3 Å². The van der Waals surface area contributed by atoms with E-state index in [0.29, 0.717) is 0 Å². The predicted octanol–water partition coefficient (Wildman–Crippen LogP) is 16.2. The van der Waals surface area contributed by atoms with Gasteiger partial charge in [-0.2, -0.15) is 0 Å². The van der Waals surface area contributed by atoms with Crippen LogP contribution in [0.1, 0.15) is 0 Å². The fourth-order valence-electron chi connectivity index (χ4n) is 9.47. The van der Waals surface area contributed by atoms with E-state index in [4.69, 9.17) is 4.42 Å². The van der Waals surface area contributed by atoms with E-state index in [1.807, 2.05) is 12.1 Å². The molecule has 0 bridgehead atoms. The third-order valence-electron chi connectivity index (χ3n) is 13.2. The zero-order valence-electron chi connectivity index (χ0n) is 37.9. The van der Waals surface area contributed by atoms with Crippen LogP contribution >= 0.6 is 0 Å². The van der Waals surface area contributed by atoms with E-state index in [-0.39, 0.29) is 0 Å². The Morgan fingerprint density at radius 3 is 1.28 bits per heavy atom. The monoisotopic (exact) mass is 872 g/mol. The lowest BCUT2D eigenvalue weighted by molar-refractivity contribution is 0.668. The Morgan fingerprint density at radius 2 is 0.754 bits per heavy atom. The average molecular weight is 873 g/mol. The zero-order chi connectivity index (χ0) is 44.5. The molecule has 316 valence electrons. The summed E-state index contributed by atoms with van der Waals surface area (Å²) >= 11 is 0. The molecule has 0 aliphatic rings. The lowest BCUT2D eigenvalue weighted by Gasteiger charge is -2.26. The lowest BCUT2D eigenvalue weighted by Crippen LogP contribution is -2.37. The largest absolute Gasteiger partial charge is 0.456 e. The number of anilines is 3. The van der Waals surface area contributed by atoms with Gasteiger partial charge in [0.1, 0.15) is 11.2 Å². The molecular formula is C60H52N2OSi2. The Hall–Kier alpha value is -7.19. The van der Waals surface area contributed by atoms with Gasteiger partial charge in [0.15, 0.2) is 0 Å². The summed E-state index contributed by atoms with van der Waals surface area (Å²) in [5.74, 6) is 0. The molecule has 0 unspecified atom stereocenters. The Balaban J connectivity index is 0.948. The molecule has 3 nitrogen and oxygen atoms in total. The minimum absolute atomic E-state index is 0.895. The molecule has 65 heavy (non-hydrogen) atoms. The fraction of sp³-hybridized carbons (Fsp3) is 0.100. The third kappa shape index (κ3) is 7.51. The van der Waals surface area contributed by atoms with Crippen LogP contribution in [0.4, 0.5) is 17.1 Å². The van der Waals surface area contributed by atoms with E-state index in [0.717, 1.165) is 44.7 Å². The number of rotatable bonds is 9. The van der Waals surface area contributed by atoms with E-state index in [2.05, 4.69) is 243 Å². The van der Waals surface area contributed by atoms with Crippen LogP contribution in [-0.2, 0) is 0 Å². The van der Waals surface area contributed by atoms with Gasteiger partial charge in [0.25, 0.3) is 0 Å². The molecule has 11 aromatic rings. The van der Waals surface area contributed by atoms with Crippen LogP contribution in [-0.4, -0.2) is 20.7 Å². The van der Waals surface area contributed by atoms with E-state index in [9.17, 15) is 0 Å². The van der Waals surface area contributed by atoms with Crippen LogP contribution in [0.5, 0.6) is 0 Å². The number of fused-ring (bicyclic) bond motifs is 6. The van der Waals surface area contributed by atoms with E-state index < -0.39 is 16.1 Å². The number of nitrogens with zero attached hydrogens (tertiary/aromatic N) is 2. The predicted molar refractivity (Wildman–Crippen MR) is 285 cm³/mol. The van der Waals surface area contributed by atoms with Crippen molar-refractivity contribution in [2.24, 2.45) is 0 Å². The van der Waals surface area contributed by atoms with Crippen LogP contribution in [0.15, 0.2) is 211 Å². The molecule has 0 N–H and O–H groups in total. The highest BCUT2D eigenvalue weighted by Crippen LogP contribution is 2.40. The van der Waals surface area contributed by atoms with Crippen LogP contribution in [0, 0.1) is 0 Å². The topological polar surface area (TPSA) is 21.3 Å². The van der Waals surface area contributed by atoms with Crippen molar-refractivity contribution in [3.8, 4) is 39.1 Å². The van der Waals surface area contributed by atoms with Crippen molar-refractivity contribution < 1.29 is 4.42 Å². The first kappa shape index (κ1) is 40.6. The number of benzene rings is 9. The van der Waals surface area contributed by atoms with Crippen LogP contribution in [0.3, 0.4) is 0 Å². The van der Waals surface area contributed by atoms with Crippen molar-refractivity contribution >= 4 is 87.3 Å². The lowest BCUT2D eigenvalue weighted by atomic mass is 10.0. The number of para-hydroxylation sites is 2. The highest BCUT2D eigenvalue weighted by Gasteiger charge is 2.20. The quantitative estimate of drug-likeness (QED) is 0.135. The van der Waals surface area contributed by atoms with Gasteiger partial charge in [-0.15, -0.1) is 0 Å². The van der Waals surface area contributed by atoms with Gasteiger partial charge in [-0.05, 0) is 106 Å².